The van der Waals surface area contributed by atoms with Gasteiger partial charge in [0.25, 0.3) is 0 Å². The van der Waals surface area contributed by atoms with Gasteiger partial charge in [-0.1, -0.05) is 31.8 Å². The summed E-state index contributed by atoms with van der Waals surface area (Å²) in [4.78, 5) is 12.2. The normalized spacial score (nSPS) is 27.2. The SMILES string of the molecule is O=C(CCC1CC1)C1=CCCC2(CCCC2)C1. The van der Waals surface area contributed by atoms with E-state index in [0.717, 1.165) is 31.6 Å². The topological polar surface area (TPSA) is 17.1 Å². The summed E-state index contributed by atoms with van der Waals surface area (Å²) in [5.41, 5.74) is 1.73. The predicted octanol–water partition coefficient (Wildman–Crippen LogP) is 4.42. The quantitative estimate of drug-likeness (QED) is 0.701. The highest BCUT2D eigenvalue weighted by atomic mass is 16.1. The summed E-state index contributed by atoms with van der Waals surface area (Å²) in [5, 5.41) is 0. The molecule has 0 heterocycles. The molecule has 3 aliphatic carbocycles. The van der Waals surface area contributed by atoms with Crippen molar-refractivity contribution in [1.29, 1.82) is 0 Å². The van der Waals surface area contributed by atoms with Gasteiger partial charge >= 0.3 is 0 Å². The van der Waals surface area contributed by atoms with Gasteiger partial charge in [-0.15, -0.1) is 0 Å². The molecule has 0 bridgehead atoms. The Morgan fingerprint density at radius 2 is 2.00 bits per heavy atom. The van der Waals surface area contributed by atoms with Crippen LogP contribution in [0.4, 0.5) is 0 Å². The lowest BCUT2D eigenvalue weighted by atomic mass is 9.72. The van der Waals surface area contributed by atoms with Crippen molar-refractivity contribution in [1.82, 2.24) is 0 Å². The van der Waals surface area contributed by atoms with Gasteiger partial charge in [-0.25, -0.2) is 0 Å². The maximum absolute atomic E-state index is 12.2. The van der Waals surface area contributed by atoms with E-state index in [-0.39, 0.29) is 0 Å². The molecule has 0 radical (unpaired) electrons. The summed E-state index contributed by atoms with van der Waals surface area (Å²) in [6.07, 6.45) is 16.1. The van der Waals surface area contributed by atoms with E-state index in [1.807, 2.05) is 0 Å². The molecule has 1 nitrogen and oxygen atoms in total. The Bertz CT molecular complexity index is 329. The lowest BCUT2D eigenvalue weighted by Crippen LogP contribution is -2.23. The monoisotopic (exact) mass is 232 g/mol. The van der Waals surface area contributed by atoms with E-state index >= 15 is 0 Å². The molecule has 3 rings (SSSR count). The standard InChI is InChI=1S/C16H24O/c17-15(8-7-13-5-6-13)14-4-3-11-16(12-14)9-1-2-10-16/h4,13H,1-3,5-12H2. The molecule has 0 unspecified atom stereocenters. The first kappa shape index (κ1) is 11.5. The van der Waals surface area contributed by atoms with Crippen molar-refractivity contribution in [2.24, 2.45) is 11.3 Å². The minimum Gasteiger partial charge on any atom is -0.295 e. The summed E-state index contributed by atoms with van der Waals surface area (Å²) < 4.78 is 0. The largest absolute Gasteiger partial charge is 0.295 e. The predicted molar refractivity (Wildman–Crippen MR) is 69.8 cm³/mol. The zero-order valence-electron chi connectivity index (χ0n) is 10.8. The smallest absolute Gasteiger partial charge is 0.158 e. The fourth-order valence-electron chi connectivity index (χ4n) is 3.78. The highest BCUT2D eigenvalue weighted by Gasteiger charge is 2.37. The first-order chi connectivity index (χ1) is 8.27. The van der Waals surface area contributed by atoms with Gasteiger partial charge in [0, 0.05) is 6.42 Å². The molecule has 0 amide bonds. The van der Waals surface area contributed by atoms with Crippen molar-refractivity contribution in [2.75, 3.05) is 0 Å². The van der Waals surface area contributed by atoms with E-state index in [4.69, 9.17) is 0 Å². The molecular formula is C16H24O. The third-order valence-electron chi connectivity index (χ3n) is 5.13. The Morgan fingerprint density at radius 3 is 2.71 bits per heavy atom. The van der Waals surface area contributed by atoms with Crippen LogP contribution < -0.4 is 0 Å². The minimum absolute atomic E-state index is 0.475. The second-order valence-corrected chi connectivity index (χ2v) is 6.56. The Kier molecular flexibility index (Phi) is 3.10. The molecule has 0 aromatic carbocycles. The number of hydrogen-bond acceptors (Lipinski definition) is 1. The van der Waals surface area contributed by atoms with Crippen LogP contribution in [-0.2, 0) is 4.79 Å². The molecule has 0 aliphatic heterocycles. The van der Waals surface area contributed by atoms with Crippen LogP contribution in [0.15, 0.2) is 11.6 Å². The van der Waals surface area contributed by atoms with Crippen molar-refractivity contribution in [2.45, 2.75) is 70.6 Å². The summed E-state index contributed by atoms with van der Waals surface area (Å²) >= 11 is 0. The number of Topliss-reactive ketones (excluding diaryl/α,β-unsaturated/α-hetero) is 1. The van der Waals surface area contributed by atoms with Crippen molar-refractivity contribution in [3.05, 3.63) is 11.6 Å². The van der Waals surface area contributed by atoms with Crippen molar-refractivity contribution < 1.29 is 4.79 Å². The van der Waals surface area contributed by atoms with Gasteiger partial charge in [0.2, 0.25) is 0 Å². The van der Waals surface area contributed by atoms with E-state index in [0.29, 0.717) is 11.2 Å². The van der Waals surface area contributed by atoms with E-state index in [1.54, 1.807) is 0 Å². The summed E-state index contributed by atoms with van der Waals surface area (Å²) in [6, 6.07) is 0. The molecule has 94 valence electrons. The molecule has 0 N–H and O–H groups in total. The second kappa shape index (κ2) is 4.59. The van der Waals surface area contributed by atoms with Crippen LogP contribution in [-0.4, -0.2) is 5.78 Å². The molecule has 0 aromatic rings. The zero-order valence-corrected chi connectivity index (χ0v) is 10.8. The Morgan fingerprint density at radius 1 is 1.24 bits per heavy atom. The van der Waals surface area contributed by atoms with Crippen molar-refractivity contribution in [3.63, 3.8) is 0 Å². The van der Waals surface area contributed by atoms with Gasteiger partial charge in [0.1, 0.15) is 0 Å². The van der Waals surface area contributed by atoms with Crippen LogP contribution >= 0.6 is 0 Å². The van der Waals surface area contributed by atoms with Gasteiger partial charge in [0.05, 0.1) is 0 Å². The molecule has 1 heteroatoms. The lowest BCUT2D eigenvalue weighted by Gasteiger charge is -2.33. The first-order valence-electron chi connectivity index (χ1n) is 7.50. The van der Waals surface area contributed by atoms with Crippen LogP contribution in [0.3, 0.4) is 0 Å². The zero-order chi connectivity index (χ0) is 11.7. The highest BCUT2D eigenvalue weighted by Crippen LogP contribution is 2.49. The molecule has 0 atom stereocenters. The van der Waals surface area contributed by atoms with Crippen molar-refractivity contribution in [3.8, 4) is 0 Å². The second-order valence-electron chi connectivity index (χ2n) is 6.56. The fourth-order valence-corrected chi connectivity index (χ4v) is 3.78. The van der Waals surface area contributed by atoms with Gasteiger partial charge in [-0.05, 0) is 55.4 Å². The summed E-state index contributed by atoms with van der Waals surface area (Å²) in [5.74, 6) is 1.37. The van der Waals surface area contributed by atoms with Gasteiger partial charge in [0.15, 0.2) is 5.78 Å². The Hall–Kier alpha value is -0.590. The molecule has 1 spiro atoms. The number of carbonyl (C=O) groups excluding carboxylic acids is 1. The van der Waals surface area contributed by atoms with E-state index in [1.165, 1.54) is 50.5 Å². The number of allylic oxidation sites excluding steroid dienone is 2. The average molecular weight is 232 g/mol. The first-order valence-corrected chi connectivity index (χ1v) is 7.50. The van der Waals surface area contributed by atoms with Gasteiger partial charge in [-0.3, -0.25) is 4.79 Å². The maximum Gasteiger partial charge on any atom is 0.158 e. The third-order valence-corrected chi connectivity index (χ3v) is 5.13. The third kappa shape index (κ3) is 2.64. The molecule has 0 saturated heterocycles. The van der Waals surface area contributed by atoms with Crippen molar-refractivity contribution >= 4 is 5.78 Å². The summed E-state index contributed by atoms with van der Waals surface area (Å²) in [7, 11) is 0. The molecule has 2 fully saturated rings. The van der Waals surface area contributed by atoms with Crippen LogP contribution in [0.5, 0.6) is 0 Å². The molecule has 2 saturated carbocycles. The summed E-state index contributed by atoms with van der Waals surface area (Å²) in [6.45, 7) is 0. The molecule has 17 heavy (non-hydrogen) atoms. The highest BCUT2D eigenvalue weighted by molar-refractivity contribution is 5.95. The van der Waals surface area contributed by atoms with E-state index in [9.17, 15) is 4.79 Å². The molecule has 3 aliphatic rings. The number of hydrogen-bond donors (Lipinski definition) is 0. The van der Waals surface area contributed by atoms with Gasteiger partial charge < -0.3 is 0 Å². The minimum atomic E-state index is 0.475. The van der Waals surface area contributed by atoms with Gasteiger partial charge in [-0.2, -0.15) is 0 Å². The number of rotatable bonds is 4. The van der Waals surface area contributed by atoms with E-state index in [2.05, 4.69) is 6.08 Å². The Balaban J connectivity index is 1.58. The lowest BCUT2D eigenvalue weighted by molar-refractivity contribution is -0.116. The maximum atomic E-state index is 12.2. The number of ketones is 1. The van der Waals surface area contributed by atoms with E-state index < -0.39 is 0 Å². The number of carbonyl (C=O) groups is 1. The van der Waals surface area contributed by atoms with Crippen LogP contribution in [0.25, 0.3) is 0 Å². The molecule has 0 aromatic heterocycles. The molecular weight excluding hydrogens is 208 g/mol. The Labute approximate surface area is 105 Å². The van der Waals surface area contributed by atoms with Crippen LogP contribution in [0.2, 0.25) is 0 Å². The fraction of sp³-hybridized carbons (Fsp3) is 0.812. The van der Waals surface area contributed by atoms with Crippen LogP contribution in [0.1, 0.15) is 70.6 Å². The van der Waals surface area contributed by atoms with Crippen LogP contribution in [0, 0.1) is 11.3 Å². The average Bonchev–Trinajstić information content (AvgIpc) is 3.08.